The van der Waals surface area contributed by atoms with Crippen LogP contribution in [0.4, 0.5) is 0 Å². The minimum atomic E-state index is 0.918. The molecule has 0 amide bonds. The summed E-state index contributed by atoms with van der Waals surface area (Å²) >= 11 is 3.50. The highest BCUT2D eigenvalue weighted by Crippen LogP contribution is 2.42. The van der Waals surface area contributed by atoms with Gasteiger partial charge >= 0.3 is 0 Å². The average Bonchev–Trinajstić information content (AvgIpc) is 3.91. The van der Waals surface area contributed by atoms with E-state index in [4.69, 9.17) is 9.97 Å². The molecule has 0 N–H and O–H groups in total. The van der Waals surface area contributed by atoms with E-state index in [0.29, 0.717) is 0 Å². The Balaban J connectivity index is 1.13. The second kappa shape index (κ2) is 10.1. The summed E-state index contributed by atoms with van der Waals surface area (Å²) in [4.78, 5) is 12.0. The first-order valence-electron chi connectivity index (χ1n) is 17.0. The fourth-order valence-electron chi connectivity index (χ4n) is 8.10. The van der Waals surface area contributed by atoms with Crippen LogP contribution in [0.1, 0.15) is 0 Å². The summed E-state index contributed by atoms with van der Waals surface area (Å²) < 4.78 is 9.58. The quantitative estimate of drug-likeness (QED) is 0.181. The normalized spacial score (nSPS) is 12.3. The van der Waals surface area contributed by atoms with Crippen LogP contribution in [0.25, 0.3) is 102 Å². The zero-order valence-corrected chi connectivity index (χ0v) is 28.6. The summed E-state index contributed by atoms with van der Waals surface area (Å²) in [5.41, 5.74) is 12.4. The van der Waals surface area contributed by atoms with Crippen molar-refractivity contribution < 1.29 is 0 Å². The Morgan fingerprint density at radius 1 is 0.412 bits per heavy atom. The van der Waals surface area contributed by atoms with E-state index < -0.39 is 0 Å². The van der Waals surface area contributed by atoms with E-state index in [1.54, 1.807) is 11.3 Å². The minimum absolute atomic E-state index is 0.918. The molecule has 0 unspecified atom stereocenters. The van der Waals surface area contributed by atoms with Gasteiger partial charge in [-0.3, -0.25) is 8.80 Å². The molecule has 0 atom stereocenters. The molecule has 0 spiro atoms. The Kier molecular flexibility index (Phi) is 5.47. The SMILES string of the molecule is c1ccc2c(c1)nc1sc3nc4ccccc4n3c3cc(-c4cccc5c4sc4ccc(-n6c7ccccc7c7ccccc76)cc45)ccc3n12. The number of hydrogen-bond donors (Lipinski definition) is 0. The van der Waals surface area contributed by atoms with Gasteiger partial charge in [-0.15, -0.1) is 11.3 Å². The van der Waals surface area contributed by atoms with E-state index >= 15 is 0 Å². The largest absolute Gasteiger partial charge is 0.309 e. The Morgan fingerprint density at radius 3 is 1.73 bits per heavy atom. The van der Waals surface area contributed by atoms with Crippen LogP contribution in [0.5, 0.6) is 0 Å². The standard InChI is InChI=1S/C44H25N5S2/c1-5-16-35-29(10-1)30-11-2-6-17-36(30)47(35)27-21-23-41-32(25-27)31-13-9-12-28(42(31)50-41)26-20-22-39-40(24-26)49-38-19-8-4-15-34(38)46-44(49)51-43-45-33-14-3-7-18-37(33)48(39)43/h1-25H. The van der Waals surface area contributed by atoms with Gasteiger partial charge in [-0.25, -0.2) is 9.97 Å². The summed E-state index contributed by atoms with van der Waals surface area (Å²) in [6.07, 6.45) is 0. The molecule has 238 valence electrons. The summed E-state index contributed by atoms with van der Waals surface area (Å²) in [7, 11) is 0. The summed E-state index contributed by atoms with van der Waals surface area (Å²) in [6, 6.07) is 54.8. The molecule has 0 aliphatic carbocycles. The predicted molar refractivity (Wildman–Crippen MR) is 216 cm³/mol. The van der Waals surface area contributed by atoms with Crippen molar-refractivity contribution in [2.75, 3.05) is 0 Å². The number of imidazole rings is 2. The van der Waals surface area contributed by atoms with Gasteiger partial charge in [0.05, 0.1) is 44.1 Å². The highest BCUT2D eigenvalue weighted by atomic mass is 32.1. The van der Waals surface area contributed by atoms with Crippen molar-refractivity contribution in [2.24, 2.45) is 0 Å². The van der Waals surface area contributed by atoms with Gasteiger partial charge in [0, 0.05) is 36.6 Å². The zero-order valence-electron chi connectivity index (χ0n) is 27.0. The van der Waals surface area contributed by atoms with Crippen molar-refractivity contribution in [3.8, 4) is 16.8 Å². The van der Waals surface area contributed by atoms with E-state index in [-0.39, 0.29) is 0 Å². The molecule has 5 heterocycles. The second-order valence-electron chi connectivity index (χ2n) is 13.1. The number of para-hydroxylation sites is 6. The van der Waals surface area contributed by atoms with Crippen LogP contribution < -0.4 is 0 Å². The van der Waals surface area contributed by atoms with Crippen LogP contribution in [-0.4, -0.2) is 23.3 Å². The van der Waals surface area contributed by atoms with Crippen LogP contribution in [0.15, 0.2) is 152 Å². The molecule has 0 saturated heterocycles. The predicted octanol–water partition coefficient (Wildman–Crippen LogP) is 12.2. The van der Waals surface area contributed by atoms with E-state index in [1.165, 1.54) is 58.8 Å². The van der Waals surface area contributed by atoms with E-state index in [2.05, 4.69) is 165 Å². The average molecular weight is 688 g/mol. The van der Waals surface area contributed by atoms with Crippen molar-refractivity contribution in [3.05, 3.63) is 152 Å². The molecule has 0 bridgehead atoms. The Hall–Kier alpha value is -6.28. The Bertz CT molecular complexity index is 3390. The van der Waals surface area contributed by atoms with Crippen LogP contribution in [0.3, 0.4) is 0 Å². The minimum Gasteiger partial charge on any atom is -0.309 e. The third-order valence-corrected chi connectivity index (χ3v) is 12.5. The van der Waals surface area contributed by atoms with Crippen LogP contribution in [0.2, 0.25) is 0 Å². The van der Waals surface area contributed by atoms with Gasteiger partial charge in [-0.2, -0.15) is 0 Å². The van der Waals surface area contributed by atoms with Crippen LogP contribution in [-0.2, 0) is 0 Å². The van der Waals surface area contributed by atoms with Gasteiger partial charge in [0.1, 0.15) is 0 Å². The lowest BCUT2D eigenvalue weighted by Crippen LogP contribution is -1.93. The van der Waals surface area contributed by atoms with Gasteiger partial charge in [0.2, 0.25) is 0 Å². The molecule has 5 nitrogen and oxygen atoms in total. The van der Waals surface area contributed by atoms with Crippen molar-refractivity contribution in [1.29, 1.82) is 0 Å². The number of hydrogen-bond acceptors (Lipinski definition) is 4. The molecule has 7 heteroatoms. The van der Waals surface area contributed by atoms with Crippen molar-refractivity contribution in [2.45, 2.75) is 0 Å². The zero-order chi connectivity index (χ0) is 33.2. The fourth-order valence-corrected chi connectivity index (χ4v) is 10.4. The fraction of sp³-hybridized carbons (Fsp3) is 0. The first kappa shape index (κ1) is 27.5. The summed E-state index contributed by atoms with van der Waals surface area (Å²) in [5, 5.41) is 5.10. The second-order valence-corrected chi connectivity index (χ2v) is 15.1. The van der Waals surface area contributed by atoms with Gasteiger partial charge in [-0.05, 0) is 77.9 Å². The molecule has 0 aliphatic rings. The molecule has 0 saturated carbocycles. The van der Waals surface area contributed by atoms with Crippen molar-refractivity contribution >= 4 is 108 Å². The highest BCUT2D eigenvalue weighted by Gasteiger charge is 2.18. The Morgan fingerprint density at radius 2 is 1.02 bits per heavy atom. The first-order valence-corrected chi connectivity index (χ1v) is 18.6. The molecule has 12 rings (SSSR count). The van der Waals surface area contributed by atoms with Gasteiger partial charge < -0.3 is 4.57 Å². The number of aromatic nitrogens is 5. The smallest absolute Gasteiger partial charge is 0.198 e. The topological polar surface area (TPSA) is 39.5 Å². The van der Waals surface area contributed by atoms with Gasteiger partial charge in [0.25, 0.3) is 0 Å². The number of thiophene rings is 1. The first-order chi connectivity index (χ1) is 25.3. The molecular formula is C44H25N5S2. The lowest BCUT2D eigenvalue weighted by molar-refractivity contribution is 1.19. The maximum atomic E-state index is 5.10. The van der Waals surface area contributed by atoms with Crippen LogP contribution in [0, 0.1) is 0 Å². The molecule has 51 heavy (non-hydrogen) atoms. The molecule has 0 aliphatic heterocycles. The number of fused-ring (bicyclic) bond motifs is 15. The summed E-state index contributed by atoms with van der Waals surface area (Å²) in [5.74, 6) is 0. The third kappa shape index (κ3) is 3.79. The van der Waals surface area contributed by atoms with Crippen LogP contribution >= 0.6 is 22.7 Å². The lowest BCUT2D eigenvalue weighted by Gasteiger charge is -2.08. The van der Waals surface area contributed by atoms with E-state index in [1.807, 2.05) is 11.3 Å². The Labute approximate surface area is 298 Å². The molecule has 5 aromatic heterocycles. The summed E-state index contributed by atoms with van der Waals surface area (Å²) in [6.45, 7) is 0. The van der Waals surface area contributed by atoms with E-state index in [0.717, 1.165) is 43.0 Å². The number of nitrogens with zero attached hydrogens (tertiary/aromatic N) is 5. The molecule has 0 radical (unpaired) electrons. The van der Waals surface area contributed by atoms with Crippen molar-refractivity contribution in [3.63, 3.8) is 0 Å². The number of rotatable bonds is 2. The highest BCUT2D eigenvalue weighted by molar-refractivity contribution is 7.26. The molecular weight excluding hydrogens is 663 g/mol. The van der Waals surface area contributed by atoms with Crippen molar-refractivity contribution in [1.82, 2.24) is 23.3 Å². The third-order valence-electron chi connectivity index (χ3n) is 10.3. The molecule has 7 aromatic carbocycles. The van der Waals surface area contributed by atoms with Gasteiger partial charge in [0.15, 0.2) is 9.92 Å². The number of benzene rings is 7. The molecule has 12 aromatic rings. The van der Waals surface area contributed by atoms with Gasteiger partial charge in [-0.1, -0.05) is 96.3 Å². The molecule has 0 fully saturated rings. The lowest BCUT2D eigenvalue weighted by atomic mass is 10.0. The monoisotopic (exact) mass is 687 g/mol. The maximum absolute atomic E-state index is 5.10. The maximum Gasteiger partial charge on any atom is 0.198 e. The van der Waals surface area contributed by atoms with E-state index in [9.17, 15) is 0 Å².